The van der Waals surface area contributed by atoms with Gasteiger partial charge in [-0.2, -0.15) is 0 Å². The first-order valence-corrected chi connectivity index (χ1v) is 11.2. The maximum Gasteiger partial charge on any atom is 0.257 e. The van der Waals surface area contributed by atoms with Gasteiger partial charge in [-0.3, -0.25) is 19.3 Å². The quantitative estimate of drug-likeness (QED) is 0.754. The molecule has 6 heteroatoms. The molecule has 0 aromatic heterocycles. The molecular formula is C26H31N3O3. The van der Waals surface area contributed by atoms with Crippen LogP contribution >= 0.6 is 0 Å². The van der Waals surface area contributed by atoms with E-state index < -0.39 is 5.66 Å². The van der Waals surface area contributed by atoms with Crippen LogP contribution in [0.1, 0.15) is 61.5 Å². The third kappa shape index (κ3) is 3.78. The molecule has 2 aliphatic rings. The summed E-state index contributed by atoms with van der Waals surface area (Å²) in [6.07, 6.45) is 1.15. The molecule has 4 rings (SSSR count). The summed E-state index contributed by atoms with van der Waals surface area (Å²) in [6.45, 7) is 8.97. The van der Waals surface area contributed by atoms with Crippen molar-refractivity contribution in [3.63, 3.8) is 0 Å². The highest BCUT2D eigenvalue weighted by atomic mass is 16.2. The first kappa shape index (κ1) is 22.1. The minimum Gasteiger partial charge on any atom is -0.355 e. The van der Waals surface area contributed by atoms with Gasteiger partial charge in [-0.25, -0.2) is 0 Å². The van der Waals surface area contributed by atoms with Crippen LogP contribution in [-0.2, 0) is 15.0 Å². The summed E-state index contributed by atoms with van der Waals surface area (Å²) in [7, 11) is 0. The van der Waals surface area contributed by atoms with Gasteiger partial charge >= 0.3 is 0 Å². The Morgan fingerprint density at radius 2 is 1.88 bits per heavy atom. The number of amides is 3. The van der Waals surface area contributed by atoms with Crippen LogP contribution in [0.15, 0.2) is 48.5 Å². The molecule has 32 heavy (non-hydrogen) atoms. The first-order chi connectivity index (χ1) is 15.1. The van der Waals surface area contributed by atoms with E-state index in [2.05, 4.69) is 44.3 Å². The van der Waals surface area contributed by atoms with Crippen LogP contribution in [0.4, 0.5) is 5.69 Å². The number of anilines is 1. The molecule has 1 fully saturated rings. The lowest BCUT2D eigenvalue weighted by molar-refractivity contribution is -0.121. The lowest BCUT2D eigenvalue weighted by Gasteiger charge is -2.48. The van der Waals surface area contributed by atoms with Gasteiger partial charge < -0.3 is 10.2 Å². The van der Waals surface area contributed by atoms with Crippen molar-refractivity contribution in [2.75, 3.05) is 18.0 Å². The minimum absolute atomic E-state index is 0.0156. The second-order valence-corrected chi connectivity index (χ2v) is 9.70. The van der Waals surface area contributed by atoms with Crippen LogP contribution in [0.5, 0.6) is 0 Å². The second kappa shape index (κ2) is 8.08. The number of aryl methyl sites for hydroxylation is 1. The average Bonchev–Trinajstić information content (AvgIpc) is 3.07. The Bertz CT molecular complexity index is 1080. The molecule has 2 aromatic carbocycles. The van der Waals surface area contributed by atoms with Crippen molar-refractivity contribution in [1.29, 1.82) is 0 Å². The highest BCUT2D eigenvalue weighted by molar-refractivity contribution is 6.10. The van der Waals surface area contributed by atoms with Crippen molar-refractivity contribution < 1.29 is 14.4 Å². The minimum atomic E-state index is -0.733. The number of carbonyl (C=O) groups is 3. The Balaban J connectivity index is 1.45. The zero-order chi connectivity index (χ0) is 23.1. The van der Waals surface area contributed by atoms with E-state index in [1.807, 2.05) is 25.1 Å². The molecule has 2 aliphatic heterocycles. The molecule has 1 unspecified atom stereocenters. The number of para-hydroxylation sites is 1. The van der Waals surface area contributed by atoms with Gasteiger partial charge in [0.1, 0.15) is 5.66 Å². The van der Waals surface area contributed by atoms with Gasteiger partial charge in [-0.1, -0.05) is 55.8 Å². The number of carbonyl (C=O) groups excluding carboxylic acids is 3. The highest BCUT2D eigenvalue weighted by Gasteiger charge is 2.52. The fourth-order valence-electron chi connectivity index (χ4n) is 4.83. The maximum atomic E-state index is 13.3. The standard InChI is InChI=1S/C26H31N3O3/c1-18-8-7-9-19(16-18)25(2,3)17-27-22(30)13-15-28-24(32)20-10-5-6-11-21(20)29-23(31)12-14-26(28,29)4/h5-11,16H,12-15,17H2,1-4H3,(H,27,30). The van der Waals surface area contributed by atoms with Crippen molar-refractivity contribution >= 4 is 23.4 Å². The Kier molecular flexibility index (Phi) is 5.57. The molecule has 0 aliphatic carbocycles. The van der Waals surface area contributed by atoms with Crippen LogP contribution in [0.3, 0.4) is 0 Å². The molecule has 0 radical (unpaired) electrons. The largest absolute Gasteiger partial charge is 0.355 e. The SMILES string of the molecule is Cc1cccc(C(C)(C)CNC(=O)CCN2C(=O)c3ccccc3N3C(=O)CCC23C)c1. The number of nitrogens with zero attached hydrogens (tertiary/aromatic N) is 2. The first-order valence-electron chi connectivity index (χ1n) is 11.2. The molecular weight excluding hydrogens is 402 g/mol. The van der Waals surface area contributed by atoms with E-state index in [4.69, 9.17) is 0 Å². The number of rotatable bonds is 6. The van der Waals surface area contributed by atoms with Crippen LogP contribution in [-0.4, -0.2) is 41.4 Å². The van der Waals surface area contributed by atoms with E-state index in [0.717, 1.165) is 0 Å². The summed E-state index contributed by atoms with van der Waals surface area (Å²) in [4.78, 5) is 42.1. The van der Waals surface area contributed by atoms with Crippen molar-refractivity contribution in [1.82, 2.24) is 10.2 Å². The fraction of sp³-hybridized carbons (Fsp3) is 0.423. The monoisotopic (exact) mass is 433 g/mol. The number of benzene rings is 2. The normalized spacial score (nSPS) is 20.2. The number of fused-ring (bicyclic) bond motifs is 3. The van der Waals surface area contributed by atoms with Crippen molar-refractivity contribution in [2.24, 2.45) is 0 Å². The molecule has 1 atom stereocenters. The van der Waals surface area contributed by atoms with Crippen molar-refractivity contribution in [3.05, 3.63) is 65.2 Å². The topological polar surface area (TPSA) is 69.7 Å². The summed E-state index contributed by atoms with van der Waals surface area (Å²) >= 11 is 0. The molecule has 3 amide bonds. The van der Waals surface area contributed by atoms with Crippen molar-refractivity contribution in [2.45, 2.75) is 58.0 Å². The molecule has 2 aromatic rings. The van der Waals surface area contributed by atoms with Gasteiger partial charge in [0, 0.05) is 31.3 Å². The summed E-state index contributed by atoms with van der Waals surface area (Å²) in [6, 6.07) is 15.5. The lowest BCUT2D eigenvalue weighted by atomic mass is 9.84. The highest BCUT2D eigenvalue weighted by Crippen LogP contribution is 2.43. The number of hydrogen-bond acceptors (Lipinski definition) is 3. The van der Waals surface area contributed by atoms with E-state index in [-0.39, 0.29) is 36.1 Å². The van der Waals surface area contributed by atoms with Crippen LogP contribution in [0.2, 0.25) is 0 Å². The zero-order valence-corrected chi connectivity index (χ0v) is 19.3. The molecule has 1 N–H and O–H groups in total. The molecule has 168 valence electrons. The smallest absolute Gasteiger partial charge is 0.257 e. The molecule has 1 saturated heterocycles. The van der Waals surface area contributed by atoms with Gasteiger partial charge in [0.25, 0.3) is 5.91 Å². The van der Waals surface area contributed by atoms with E-state index >= 15 is 0 Å². The van der Waals surface area contributed by atoms with Gasteiger partial charge in [-0.15, -0.1) is 0 Å². The van der Waals surface area contributed by atoms with Crippen LogP contribution in [0, 0.1) is 6.92 Å². The summed E-state index contributed by atoms with van der Waals surface area (Å²) < 4.78 is 0. The Labute approximate surface area is 189 Å². The van der Waals surface area contributed by atoms with E-state index in [9.17, 15) is 14.4 Å². The molecule has 0 bridgehead atoms. The third-order valence-corrected chi connectivity index (χ3v) is 6.84. The Hall–Kier alpha value is -3.15. The molecule has 0 spiro atoms. The van der Waals surface area contributed by atoms with Gasteiger partial charge in [0.15, 0.2) is 0 Å². The predicted octanol–water partition coefficient (Wildman–Crippen LogP) is 3.78. The molecule has 0 saturated carbocycles. The van der Waals surface area contributed by atoms with E-state index in [1.54, 1.807) is 21.9 Å². The van der Waals surface area contributed by atoms with Gasteiger partial charge in [0.05, 0.1) is 11.3 Å². The number of nitrogens with one attached hydrogen (secondary N) is 1. The molecule has 2 heterocycles. The lowest BCUT2D eigenvalue weighted by Crippen LogP contribution is -2.62. The van der Waals surface area contributed by atoms with Crippen LogP contribution < -0.4 is 10.2 Å². The number of hydrogen-bond donors (Lipinski definition) is 1. The predicted molar refractivity (Wildman–Crippen MR) is 124 cm³/mol. The molecule has 6 nitrogen and oxygen atoms in total. The second-order valence-electron chi connectivity index (χ2n) is 9.70. The third-order valence-electron chi connectivity index (χ3n) is 6.84. The van der Waals surface area contributed by atoms with Gasteiger partial charge in [0.2, 0.25) is 11.8 Å². The van der Waals surface area contributed by atoms with E-state index in [1.165, 1.54) is 11.1 Å². The Morgan fingerprint density at radius 3 is 2.62 bits per heavy atom. The summed E-state index contributed by atoms with van der Waals surface area (Å²) in [5.41, 5.74) is 2.61. The maximum absolute atomic E-state index is 13.3. The average molecular weight is 434 g/mol. The fourth-order valence-corrected chi connectivity index (χ4v) is 4.83. The summed E-state index contributed by atoms with van der Waals surface area (Å²) in [5, 5.41) is 3.04. The summed E-state index contributed by atoms with van der Waals surface area (Å²) in [5.74, 6) is -0.208. The van der Waals surface area contributed by atoms with Gasteiger partial charge in [-0.05, 0) is 38.0 Å². The zero-order valence-electron chi connectivity index (χ0n) is 19.3. The Morgan fingerprint density at radius 1 is 1.12 bits per heavy atom. The van der Waals surface area contributed by atoms with Crippen molar-refractivity contribution in [3.8, 4) is 0 Å². The van der Waals surface area contributed by atoms with Crippen LogP contribution in [0.25, 0.3) is 0 Å². The van der Waals surface area contributed by atoms with E-state index in [0.29, 0.717) is 30.6 Å².